The van der Waals surface area contributed by atoms with Gasteiger partial charge in [0.1, 0.15) is 0 Å². The first-order chi connectivity index (χ1) is 8.77. The number of hydrogen-bond donors (Lipinski definition) is 0. The number of rotatable bonds is 5. The molecular weight excluding hydrogens is 301 g/mol. The lowest BCUT2D eigenvalue weighted by atomic mass is 10.4. The average molecular weight is 315 g/mol. The number of halogens is 2. The summed E-state index contributed by atoms with van der Waals surface area (Å²) in [5.41, 5.74) is 0. The predicted octanol–water partition coefficient (Wildman–Crippen LogP) is 4.30. The third-order valence-electron chi connectivity index (χ3n) is 2.50. The quantitative estimate of drug-likeness (QED) is 0.570. The lowest BCUT2D eigenvalue weighted by Gasteiger charge is -2.06. The zero-order chi connectivity index (χ0) is 12.8. The van der Waals surface area contributed by atoms with Crippen LogP contribution in [0.15, 0.2) is 48.5 Å². The molecule has 0 bridgehead atoms. The monoisotopic (exact) mass is 314 g/mol. The lowest BCUT2D eigenvalue weighted by Crippen LogP contribution is -2.00. The van der Waals surface area contributed by atoms with E-state index in [4.69, 9.17) is 23.2 Å². The van der Waals surface area contributed by atoms with Gasteiger partial charge in [-0.15, -0.1) is 0 Å². The van der Waals surface area contributed by atoms with Gasteiger partial charge in [-0.1, -0.05) is 76.8 Å². The molecular formula is C14H14Cl2P2. The van der Waals surface area contributed by atoms with Crippen LogP contribution in [-0.2, 0) is 0 Å². The summed E-state index contributed by atoms with van der Waals surface area (Å²) in [6, 6.07) is 16.2. The first kappa shape index (κ1) is 14.3. The first-order valence-corrected chi connectivity index (χ1v) is 8.91. The molecule has 4 heteroatoms. The van der Waals surface area contributed by atoms with E-state index in [0.29, 0.717) is 0 Å². The highest BCUT2D eigenvalue weighted by molar-refractivity contribution is 7.51. The fourth-order valence-corrected chi connectivity index (χ4v) is 4.75. The summed E-state index contributed by atoms with van der Waals surface area (Å²) in [6.45, 7) is 0. The molecule has 0 aliphatic carbocycles. The van der Waals surface area contributed by atoms with Crippen LogP contribution < -0.4 is 10.6 Å². The van der Waals surface area contributed by atoms with Crippen molar-refractivity contribution in [2.24, 2.45) is 0 Å². The van der Waals surface area contributed by atoms with Crippen molar-refractivity contribution in [3.63, 3.8) is 0 Å². The van der Waals surface area contributed by atoms with Gasteiger partial charge in [0.2, 0.25) is 0 Å². The second-order valence-corrected chi connectivity index (χ2v) is 7.41. The van der Waals surface area contributed by atoms with Gasteiger partial charge in [-0.05, 0) is 35.1 Å². The summed E-state index contributed by atoms with van der Waals surface area (Å²) < 4.78 is 0. The van der Waals surface area contributed by atoms with Gasteiger partial charge in [0.05, 0.1) is 0 Å². The maximum absolute atomic E-state index is 6.13. The molecule has 2 aromatic rings. The van der Waals surface area contributed by atoms with Crippen molar-refractivity contribution in [2.75, 3.05) is 12.3 Å². The molecule has 18 heavy (non-hydrogen) atoms. The molecule has 0 amide bonds. The molecule has 0 saturated carbocycles. The number of hydrogen-bond acceptors (Lipinski definition) is 0. The van der Waals surface area contributed by atoms with E-state index in [-0.39, 0.29) is 0 Å². The highest BCUT2D eigenvalue weighted by Gasteiger charge is 2.01. The normalized spacial score (nSPS) is 11.9. The van der Waals surface area contributed by atoms with Gasteiger partial charge >= 0.3 is 0 Å². The molecule has 2 rings (SSSR count). The van der Waals surface area contributed by atoms with Gasteiger partial charge in [-0.25, -0.2) is 0 Å². The average Bonchev–Trinajstić information content (AvgIpc) is 2.38. The topological polar surface area (TPSA) is 0 Å². The summed E-state index contributed by atoms with van der Waals surface area (Å²) in [5.74, 6) is 0. The minimum absolute atomic E-state index is 0.784. The molecule has 0 aromatic heterocycles. The molecule has 0 aliphatic heterocycles. The SMILES string of the molecule is Clc1ccccc1PCCPc1ccccc1Cl. The lowest BCUT2D eigenvalue weighted by molar-refractivity contribution is 1.54. The Morgan fingerprint density at radius 2 is 1.06 bits per heavy atom. The third kappa shape index (κ3) is 4.22. The minimum atomic E-state index is 0.784. The molecule has 0 heterocycles. The summed E-state index contributed by atoms with van der Waals surface area (Å²) in [4.78, 5) is 0. The Balaban J connectivity index is 1.80. The largest absolute Gasteiger partial charge is 0.0884 e. The Labute approximate surface area is 122 Å². The fraction of sp³-hybridized carbons (Fsp3) is 0.143. The Morgan fingerprint density at radius 1 is 0.667 bits per heavy atom. The Kier molecular flexibility index (Phi) is 5.93. The van der Waals surface area contributed by atoms with E-state index in [1.807, 2.05) is 36.4 Å². The minimum Gasteiger partial charge on any atom is -0.0884 e. The molecule has 2 unspecified atom stereocenters. The van der Waals surface area contributed by atoms with Crippen LogP contribution in [-0.4, -0.2) is 12.3 Å². The van der Waals surface area contributed by atoms with Crippen LogP contribution in [0, 0.1) is 0 Å². The second-order valence-electron chi connectivity index (χ2n) is 3.81. The molecule has 2 atom stereocenters. The molecule has 0 saturated heterocycles. The van der Waals surface area contributed by atoms with Crippen molar-refractivity contribution in [1.82, 2.24) is 0 Å². The Morgan fingerprint density at radius 3 is 1.44 bits per heavy atom. The van der Waals surface area contributed by atoms with Crippen molar-refractivity contribution in [3.8, 4) is 0 Å². The van der Waals surface area contributed by atoms with Crippen molar-refractivity contribution in [3.05, 3.63) is 58.6 Å². The first-order valence-electron chi connectivity index (χ1n) is 5.74. The van der Waals surface area contributed by atoms with E-state index in [9.17, 15) is 0 Å². The molecule has 0 spiro atoms. The van der Waals surface area contributed by atoms with E-state index >= 15 is 0 Å². The standard InChI is InChI=1S/C14H14Cl2P2/c15-11-5-1-3-7-13(11)17-9-10-18-14-8-4-2-6-12(14)16/h1-8,17-18H,9-10H2. The van der Waals surface area contributed by atoms with Crippen LogP contribution >= 0.6 is 40.4 Å². The fourth-order valence-electron chi connectivity index (χ4n) is 1.60. The van der Waals surface area contributed by atoms with Crippen molar-refractivity contribution in [1.29, 1.82) is 0 Å². The summed E-state index contributed by atoms with van der Waals surface area (Å²) in [6.07, 6.45) is 2.35. The van der Waals surface area contributed by atoms with E-state index in [2.05, 4.69) is 12.1 Å². The molecule has 0 aliphatic rings. The van der Waals surface area contributed by atoms with Gasteiger partial charge < -0.3 is 0 Å². The highest BCUT2D eigenvalue weighted by atomic mass is 35.5. The van der Waals surface area contributed by atoms with E-state index in [0.717, 1.165) is 27.2 Å². The van der Waals surface area contributed by atoms with Gasteiger partial charge in [-0.3, -0.25) is 0 Å². The van der Waals surface area contributed by atoms with Gasteiger partial charge in [0.15, 0.2) is 0 Å². The van der Waals surface area contributed by atoms with E-state index in [1.165, 1.54) is 22.9 Å². The molecule has 0 fully saturated rings. The zero-order valence-electron chi connectivity index (χ0n) is 9.79. The van der Waals surface area contributed by atoms with Crippen LogP contribution in [0.3, 0.4) is 0 Å². The Bertz CT molecular complexity index is 467. The molecule has 2 aromatic carbocycles. The molecule has 0 radical (unpaired) electrons. The molecule has 0 N–H and O–H groups in total. The summed E-state index contributed by atoms with van der Waals surface area (Å²) >= 11 is 12.3. The highest BCUT2D eigenvalue weighted by Crippen LogP contribution is 2.22. The van der Waals surface area contributed by atoms with Crippen LogP contribution in [0.4, 0.5) is 0 Å². The van der Waals surface area contributed by atoms with Crippen molar-refractivity contribution in [2.45, 2.75) is 0 Å². The van der Waals surface area contributed by atoms with Crippen LogP contribution in [0.25, 0.3) is 0 Å². The predicted molar refractivity (Wildman–Crippen MR) is 88.5 cm³/mol. The maximum Gasteiger partial charge on any atom is 0.0480 e. The summed E-state index contributed by atoms with van der Waals surface area (Å²) in [5, 5.41) is 4.31. The second kappa shape index (κ2) is 7.46. The van der Waals surface area contributed by atoms with Crippen molar-refractivity contribution >= 4 is 51.0 Å². The van der Waals surface area contributed by atoms with Crippen LogP contribution in [0.2, 0.25) is 10.0 Å². The van der Waals surface area contributed by atoms with E-state index in [1.54, 1.807) is 0 Å². The van der Waals surface area contributed by atoms with Gasteiger partial charge in [-0.2, -0.15) is 0 Å². The summed E-state index contributed by atoms with van der Waals surface area (Å²) in [7, 11) is 1.57. The van der Waals surface area contributed by atoms with E-state index < -0.39 is 0 Å². The Hall–Kier alpha value is -0.120. The third-order valence-corrected chi connectivity index (χ3v) is 6.61. The van der Waals surface area contributed by atoms with Crippen molar-refractivity contribution < 1.29 is 0 Å². The maximum atomic E-state index is 6.13. The smallest absolute Gasteiger partial charge is 0.0480 e. The van der Waals surface area contributed by atoms with Crippen LogP contribution in [0.5, 0.6) is 0 Å². The molecule has 94 valence electrons. The van der Waals surface area contributed by atoms with Crippen LogP contribution in [0.1, 0.15) is 0 Å². The number of benzene rings is 2. The van der Waals surface area contributed by atoms with Gasteiger partial charge in [0.25, 0.3) is 0 Å². The molecule has 0 nitrogen and oxygen atoms in total. The zero-order valence-corrected chi connectivity index (χ0v) is 13.3. The van der Waals surface area contributed by atoms with Gasteiger partial charge in [0, 0.05) is 10.0 Å².